The van der Waals surface area contributed by atoms with Crippen LogP contribution >= 0.6 is 0 Å². The van der Waals surface area contributed by atoms with Gasteiger partial charge in [-0.3, -0.25) is 5.32 Å². The summed E-state index contributed by atoms with van der Waals surface area (Å²) in [5.41, 5.74) is -0.402. The third-order valence-corrected chi connectivity index (χ3v) is 3.70. The lowest BCUT2D eigenvalue weighted by Gasteiger charge is -2.29. The molecule has 1 fully saturated rings. The molecule has 4 nitrogen and oxygen atoms in total. The number of rotatable bonds is 7. The Morgan fingerprint density at radius 1 is 1.56 bits per heavy atom. The van der Waals surface area contributed by atoms with Gasteiger partial charge in [0.1, 0.15) is 11.4 Å². The summed E-state index contributed by atoms with van der Waals surface area (Å²) in [7, 11) is 0. The average molecular weight is 246 g/mol. The van der Waals surface area contributed by atoms with Crippen molar-refractivity contribution in [1.29, 1.82) is 5.26 Å². The lowest BCUT2D eigenvalue weighted by molar-refractivity contribution is 0.315. The lowest BCUT2D eigenvalue weighted by atomic mass is 9.94. The first-order chi connectivity index (χ1) is 8.75. The minimum Gasteiger partial charge on any atom is -0.332 e. The maximum absolute atomic E-state index is 9.63. The van der Waals surface area contributed by atoms with Crippen LogP contribution in [0.3, 0.4) is 0 Å². The van der Waals surface area contributed by atoms with Crippen molar-refractivity contribution < 1.29 is 0 Å². The van der Waals surface area contributed by atoms with E-state index in [9.17, 15) is 5.26 Å². The highest BCUT2D eigenvalue weighted by molar-refractivity contribution is 5.16. The minimum atomic E-state index is -0.402. The van der Waals surface area contributed by atoms with Crippen LogP contribution < -0.4 is 5.32 Å². The van der Waals surface area contributed by atoms with E-state index in [1.807, 2.05) is 12.4 Å². The number of hydrogen-bond donors (Lipinski definition) is 1. The zero-order valence-corrected chi connectivity index (χ0v) is 11.3. The van der Waals surface area contributed by atoms with Crippen LogP contribution in [0.2, 0.25) is 0 Å². The van der Waals surface area contributed by atoms with Crippen molar-refractivity contribution in [3.63, 3.8) is 0 Å². The van der Waals surface area contributed by atoms with Crippen molar-refractivity contribution in [2.75, 3.05) is 6.54 Å². The second-order valence-corrected chi connectivity index (χ2v) is 5.11. The molecule has 0 radical (unpaired) electrons. The Labute approximate surface area is 109 Å². The zero-order chi connectivity index (χ0) is 13.0. The Balaban J connectivity index is 2.17. The van der Waals surface area contributed by atoms with E-state index in [0.717, 1.165) is 31.8 Å². The van der Waals surface area contributed by atoms with Crippen LogP contribution in [0, 0.1) is 17.2 Å². The molecule has 2 rings (SSSR count). The Morgan fingerprint density at radius 2 is 2.33 bits per heavy atom. The van der Waals surface area contributed by atoms with Crippen LogP contribution in [-0.2, 0) is 13.0 Å². The van der Waals surface area contributed by atoms with Gasteiger partial charge in [0.15, 0.2) is 0 Å². The number of hydrogen-bond acceptors (Lipinski definition) is 3. The van der Waals surface area contributed by atoms with Gasteiger partial charge in [-0.1, -0.05) is 13.8 Å². The molecule has 1 heterocycles. The van der Waals surface area contributed by atoms with Gasteiger partial charge in [0.05, 0.1) is 12.6 Å². The zero-order valence-electron chi connectivity index (χ0n) is 11.3. The normalized spacial score (nSPS) is 18.3. The van der Waals surface area contributed by atoms with E-state index in [-0.39, 0.29) is 0 Å². The number of aryl methyl sites for hydroxylation is 1. The summed E-state index contributed by atoms with van der Waals surface area (Å²) in [6.07, 6.45) is 8.11. The SMILES string of the molecule is CCCNC(C#N)(Cn1ccnc1CC)C1CC1. The van der Waals surface area contributed by atoms with Gasteiger partial charge in [-0.2, -0.15) is 5.26 Å². The Morgan fingerprint density at radius 3 is 2.89 bits per heavy atom. The van der Waals surface area contributed by atoms with Crippen molar-refractivity contribution in [3.05, 3.63) is 18.2 Å². The summed E-state index contributed by atoms with van der Waals surface area (Å²) in [5, 5.41) is 13.1. The molecule has 1 aromatic heterocycles. The molecule has 18 heavy (non-hydrogen) atoms. The molecule has 0 bridgehead atoms. The van der Waals surface area contributed by atoms with Crippen molar-refractivity contribution >= 4 is 0 Å². The molecular formula is C14H22N4. The quantitative estimate of drug-likeness (QED) is 0.801. The van der Waals surface area contributed by atoms with Gasteiger partial charge in [0.25, 0.3) is 0 Å². The van der Waals surface area contributed by atoms with Crippen LogP contribution in [0.4, 0.5) is 0 Å². The molecule has 4 heteroatoms. The standard InChI is InChI=1S/C14H22N4/c1-3-7-17-14(10-15,12-5-6-12)11-18-9-8-16-13(18)4-2/h8-9,12,17H,3-7,11H2,1-2H3. The van der Waals surface area contributed by atoms with Crippen molar-refractivity contribution in [3.8, 4) is 6.07 Å². The van der Waals surface area contributed by atoms with Crippen LogP contribution in [-0.4, -0.2) is 21.6 Å². The molecule has 1 aromatic rings. The molecule has 0 amide bonds. The molecule has 0 aromatic carbocycles. The number of aromatic nitrogens is 2. The van der Waals surface area contributed by atoms with Gasteiger partial charge in [0.2, 0.25) is 0 Å². The molecule has 0 aliphatic heterocycles. The molecule has 1 aliphatic rings. The molecule has 1 saturated carbocycles. The Bertz CT molecular complexity index is 427. The summed E-state index contributed by atoms with van der Waals surface area (Å²) in [4.78, 5) is 4.34. The van der Waals surface area contributed by atoms with Crippen LogP contribution in [0.25, 0.3) is 0 Å². The summed E-state index contributed by atoms with van der Waals surface area (Å²) in [6, 6.07) is 2.54. The fourth-order valence-corrected chi connectivity index (χ4v) is 2.49. The fraction of sp³-hybridized carbons (Fsp3) is 0.714. The topological polar surface area (TPSA) is 53.6 Å². The summed E-state index contributed by atoms with van der Waals surface area (Å²) < 4.78 is 2.13. The van der Waals surface area contributed by atoms with Gasteiger partial charge < -0.3 is 4.57 Å². The molecule has 1 unspecified atom stereocenters. The smallest absolute Gasteiger partial charge is 0.127 e. The van der Waals surface area contributed by atoms with E-state index in [4.69, 9.17) is 0 Å². The minimum absolute atomic E-state index is 0.402. The molecule has 0 spiro atoms. The van der Waals surface area contributed by atoms with Crippen LogP contribution in [0.5, 0.6) is 0 Å². The van der Waals surface area contributed by atoms with Crippen molar-refractivity contribution in [1.82, 2.24) is 14.9 Å². The summed E-state index contributed by atoms with van der Waals surface area (Å²) in [6.45, 7) is 5.86. The van der Waals surface area contributed by atoms with Gasteiger partial charge in [-0.25, -0.2) is 4.98 Å². The third kappa shape index (κ3) is 2.56. The fourth-order valence-electron chi connectivity index (χ4n) is 2.49. The Kier molecular flexibility index (Phi) is 4.03. The first-order valence-electron chi connectivity index (χ1n) is 6.92. The average Bonchev–Trinajstić information content (AvgIpc) is 3.16. The van der Waals surface area contributed by atoms with Gasteiger partial charge >= 0.3 is 0 Å². The van der Waals surface area contributed by atoms with Gasteiger partial charge in [-0.05, 0) is 31.7 Å². The highest BCUT2D eigenvalue weighted by Crippen LogP contribution is 2.40. The second-order valence-electron chi connectivity index (χ2n) is 5.11. The maximum atomic E-state index is 9.63. The highest BCUT2D eigenvalue weighted by atomic mass is 15.1. The van der Waals surface area contributed by atoms with Gasteiger partial charge in [-0.15, -0.1) is 0 Å². The molecule has 1 atom stereocenters. The van der Waals surface area contributed by atoms with Crippen LogP contribution in [0.1, 0.15) is 38.9 Å². The summed E-state index contributed by atoms with van der Waals surface area (Å²) >= 11 is 0. The second kappa shape index (κ2) is 5.53. The maximum Gasteiger partial charge on any atom is 0.127 e. The molecule has 1 N–H and O–H groups in total. The number of imidazole rings is 1. The molecule has 0 saturated heterocycles. The van der Waals surface area contributed by atoms with E-state index in [1.54, 1.807) is 0 Å². The third-order valence-electron chi connectivity index (χ3n) is 3.70. The first-order valence-corrected chi connectivity index (χ1v) is 6.92. The van der Waals surface area contributed by atoms with E-state index >= 15 is 0 Å². The molecular weight excluding hydrogens is 224 g/mol. The van der Waals surface area contributed by atoms with E-state index in [1.165, 1.54) is 12.8 Å². The van der Waals surface area contributed by atoms with E-state index in [2.05, 4.69) is 34.8 Å². The number of nitrogens with one attached hydrogen (secondary N) is 1. The monoisotopic (exact) mass is 246 g/mol. The van der Waals surface area contributed by atoms with Crippen molar-refractivity contribution in [2.45, 2.75) is 51.6 Å². The van der Waals surface area contributed by atoms with E-state index < -0.39 is 5.54 Å². The summed E-state index contributed by atoms with van der Waals surface area (Å²) in [5.74, 6) is 1.56. The van der Waals surface area contributed by atoms with Crippen LogP contribution in [0.15, 0.2) is 12.4 Å². The first kappa shape index (κ1) is 13.1. The number of nitrogens with zero attached hydrogens (tertiary/aromatic N) is 3. The molecule has 98 valence electrons. The van der Waals surface area contributed by atoms with Gasteiger partial charge in [0, 0.05) is 18.8 Å². The predicted octanol–water partition coefficient (Wildman–Crippen LogP) is 2.12. The number of nitriles is 1. The Hall–Kier alpha value is -1.34. The van der Waals surface area contributed by atoms with E-state index in [0.29, 0.717) is 5.92 Å². The highest BCUT2D eigenvalue weighted by Gasteiger charge is 2.45. The molecule has 1 aliphatic carbocycles. The van der Waals surface area contributed by atoms with Crippen molar-refractivity contribution in [2.24, 2.45) is 5.92 Å². The largest absolute Gasteiger partial charge is 0.332 e. The predicted molar refractivity (Wildman–Crippen MR) is 71.0 cm³/mol. The lowest BCUT2D eigenvalue weighted by Crippen LogP contribution is -2.50.